The molecule has 21 heavy (non-hydrogen) atoms. The van der Waals surface area contributed by atoms with Gasteiger partial charge in [-0.25, -0.2) is 4.98 Å². The van der Waals surface area contributed by atoms with Crippen LogP contribution in [-0.4, -0.2) is 29.3 Å². The number of nitrogens with one attached hydrogen (secondary N) is 1. The molecule has 3 heterocycles. The summed E-state index contributed by atoms with van der Waals surface area (Å²) in [5.74, 6) is 1.90. The number of furan rings is 1. The van der Waals surface area contributed by atoms with E-state index < -0.39 is 0 Å². The minimum Gasteiger partial charge on any atom is -0.468 e. The van der Waals surface area contributed by atoms with Crippen LogP contribution >= 0.6 is 0 Å². The zero-order valence-corrected chi connectivity index (χ0v) is 12.0. The van der Waals surface area contributed by atoms with Crippen LogP contribution in [0.4, 0.5) is 5.82 Å². The summed E-state index contributed by atoms with van der Waals surface area (Å²) >= 11 is 0. The zero-order valence-electron chi connectivity index (χ0n) is 12.0. The lowest BCUT2D eigenvalue weighted by atomic mass is 10.1. The summed E-state index contributed by atoms with van der Waals surface area (Å²) in [4.78, 5) is 6.68. The van der Waals surface area contributed by atoms with Gasteiger partial charge >= 0.3 is 0 Å². The molecular weight excluding hydrogens is 266 g/mol. The zero-order chi connectivity index (χ0) is 14.5. The molecule has 1 aliphatic heterocycles. The monoisotopic (exact) mass is 287 g/mol. The Bertz CT molecular complexity index is 556. The Morgan fingerprint density at radius 3 is 3.10 bits per heavy atom. The van der Waals surface area contributed by atoms with Crippen LogP contribution in [0.3, 0.4) is 0 Å². The molecule has 0 aromatic carbocycles. The molecule has 2 N–H and O–H groups in total. The maximum absolute atomic E-state index is 9.84. The Balaban J connectivity index is 1.64. The van der Waals surface area contributed by atoms with E-state index in [2.05, 4.69) is 21.3 Å². The summed E-state index contributed by atoms with van der Waals surface area (Å²) < 4.78 is 5.31. The number of piperidine rings is 1. The van der Waals surface area contributed by atoms with Crippen LogP contribution in [0.1, 0.15) is 24.2 Å². The van der Waals surface area contributed by atoms with Crippen molar-refractivity contribution in [3.63, 3.8) is 0 Å². The van der Waals surface area contributed by atoms with Crippen LogP contribution in [0.15, 0.2) is 41.1 Å². The number of hydrogen-bond acceptors (Lipinski definition) is 5. The molecule has 0 unspecified atom stereocenters. The van der Waals surface area contributed by atoms with Crippen molar-refractivity contribution in [2.24, 2.45) is 0 Å². The summed E-state index contributed by atoms with van der Waals surface area (Å²) in [6.07, 6.45) is 5.14. The van der Waals surface area contributed by atoms with Gasteiger partial charge in [-0.3, -0.25) is 0 Å². The van der Waals surface area contributed by atoms with E-state index in [1.165, 1.54) is 0 Å². The van der Waals surface area contributed by atoms with E-state index in [1.54, 1.807) is 6.26 Å². The van der Waals surface area contributed by atoms with Crippen molar-refractivity contribution in [2.75, 3.05) is 18.0 Å². The lowest BCUT2D eigenvalue weighted by Crippen LogP contribution is -2.39. The van der Waals surface area contributed by atoms with Crippen molar-refractivity contribution in [3.05, 3.63) is 48.0 Å². The number of aromatic nitrogens is 1. The highest BCUT2D eigenvalue weighted by atomic mass is 16.3. The van der Waals surface area contributed by atoms with Gasteiger partial charge in [0, 0.05) is 31.4 Å². The van der Waals surface area contributed by atoms with Gasteiger partial charge in [0.25, 0.3) is 0 Å². The molecule has 0 bridgehead atoms. The maximum atomic E-state index is 9.84. The molecule has 112 valence electrons. The summed E-state index contributed by atoms with van der Waals surface area (Å²) in [5.41, 5.74) is 1.15. The topological polar surface area (TPSA) is 61.5 Å². The minimum atomic E-state index is -0.246. The molecule has 5 nitrogen and oxygen atoms in total. The average Bonchev–Trinajstić information content (AvgIpc) is 3.01. The predicted molar refractivity (Wildman–Crippen MR) is 80.9 cm³/mol. The van der Waals surface area contributed by atoms with Gasteiger partial charge in [0.15, 0.2) is 0 Å². The minimum absolute atomic E-state index is 0.246. The first-order chi connectivity index (χ1) is 10.3. The van der Waals surface area contributed by atoms with Crippen LogP contribution in [0.5, 0.6) is 0 Å². The lowest BCUT2D eigenvalue weighted by Gasteiger charge is -2.32. The van der Waals surface area contributed by atoms with Crippen molar-refractivity contribution in [3.8, 4) is 0 Å². The van der Waals surface area contributed by atoms with E-state index in [9.17, 15) is 5.11 Å². The number of anilines is 1. The molecule has 0 spiro atoms. The van der Waals surface area contributed by atoms with E-state index in [-0.39, 0.29) is 6.10 Å². The normalized spacial score (nSPS) is 18.9. The van der Waals surface area contributed by atoms with E-state index >= 15 is 0 Å². The van der Waals surface area contributed by atoms with Gasteiger partial charge in [-0.1, -0.05) is 6.07 Å². The molecular formula is C16H21N3O2. The second-order valence-corrected chi connectivity index (χ2v) is 5.41. The Hall–Kier alpha value is -1.85. The second kappa shape index (κ2) is 6.74. The second-order valence-electron chi connectivity index (χ2n) is 5.41. The van der Waals surface area contributed by atoms with Crippen LogP contribution in [-0.2, 0) is 13.1 Å². The SMILES string of the molecule is O[C@H]1CCCN(c2ncccc2CNCc2ccco2)C1. The number of pyridine rings is 1. The number of nitrogens with zero attached hydrogens (tertiary/aromatic N) is 2. The predicted octanol–water partition coefficient (Wildman–Crippen LogP) is 1.93. The smallest absolute Gasteiger partial charge is 0.133 e. The van der Waals surface area contributed by atoms with Crippen LogP contribution in [0, 0.1) is 0 Å². The highest BCUT2D eigenvalue weighted by Crippen LogP contribution is 2.21. The van der Waals surface area contributed by atoms with Crippen molar-refractivity contribution in [1.82, 2.24) is 10.3 Å². The Morgan fingerprint density at radius 2 is 2.29 bits per heavy atom. The fourth-order valence-electron chi connectivity index (χ4n) is 2.73. The lowest BCUT2D eigenvalue weighted by molar-refractivity contribution is 0.154. The highest BCUT2D eigenvalue weighted by Gasteiger charge is 2.20. The average molecular weight is 287 g/mol. The first-order valence-electron chi connectivity index (χ1n) is 7.43. The van der Waals surface area contributed by atoms with Crippen molar-refractivity contribution >= 4 is 5.82 Å². The standard InChI is InChI=1S/C16H21N3O2/c20-14-5-2-8-19(12-14)16-13(4-1-7-18-16)10-17-11-15-6-3-9-21-15/h1,3-4,6-7,9,14,17,20H,2,5,8,10-12H2/t14-/m0/s1. The van der Waals surface area contributed by atoms with Crippen molar-refractivity contribution in [2.45, 2.75) is 32.0 Å². The molecule has 3 rings (SSSR count). The molecule has 2 aromatic heterocycles. The Labute approximate surface area is 124 Å². The third-order valence-electron chi connectivity index (χ3n) is 3.76. The Morgan fingerprint density at radius 1 is 1.33 bits per heavy atom. The van der Waals surface area contributed by atoms with Gasteiger partial charge in [-0.05, 0) is 31.0 Å². The van der Waals surface area contributed by atoms with Crippen LogP contribution in [0.25, 0.3) is 0 Å². The first kappa shape index (κ1) is 14.1. The first-order valence-corrected chi connectivity index (χ1v) is 7.43. The van der Waals surface area contributed by atoms with Gasteiger partial charge in [-0.2, -0.15) is 0 Å². The van der Waals surface area contributed by atoms with Gasteiger partial charge in [0.05, 0.1) is 18.9 Å². The van der Waals surface area contributed by atoms with E-state index in [0.29, 0.717) is 13.1 Å². The molecule has 0 amide bonds. The molecule has 1 atom stereocenters. The van der Waals surface area contributed by atoms with Gasteiger partial charge in [0.1, 0.15) is 11.6 Å². The highest BCUT2D eigenvalue weighted by molar-refractivity contribution is 5.47. The molecule has 2 aromatic rings. The van der Waals surface area contributed by atoms with Crippen molar-refractivity contribution in [1.29, 1.82) is 0 Å². The number of aliphatic hydroxyl groups excluding tert-OH is 1. The molecule has 1 saturated heterocycles. The summed E-state index contributed by atoms with van der Waals surface area (Å²) in [5, 5.41) is 13.2. The molecule has 0 saturated carbocycles. The number of rotatable bonds is 5. The van der Waals surface area contributed by atoms with E-state index in [0.717, 1.165) is 43.1 Å². The van der Waals surface area contributed by atoms with Gasteiger partial charge in [0.2, 0.25) is 0 Å². The molecule has 1 aliphatic rings. The maximum Gasteiger partial charge on any atom is 0.133 e. The third-order valence-corrected chi connectivity index (χ3v) is 3.76. The Kier molecular flexibility index (Phi) is 4.52. The number of β-amino-alcohol motifs (C(OH)–C–C–N with tert-alkyl or cyclic N) is 1. The number of hydrogen-bond donors (Lipinski definition) is 2. The van der Waals surface area contributed by atoms with Gasteiger partial charge in [-0.15, -0.1) is 0 Å². The van der Waals surface area contributed by atoms with Gasteiger partial charge < -0.3 is 19.7 Å². The molecule has 0 radical (unpaired) electrons. The van der Waals surface area contributed by atoms with E-state index in [4.69, 9.17) is 4.42 Å². The third kappa shape index (κ3) is 3.62. The largest absolute Gasteiger partial charge is 0.468 e. The fraction of sp³-hybridized carbons (Fsp3) is 0.438. The van der Waals surface area contributed by atoms with Crippen LogP contribution < -0.4 is 10.2 Å². The van der Waals surface area contributed by atoms with Crippen molar-refractivity contribution < 1.29 is 9.52 Å². The van der Waals surface area contributed by atoms with Crippen LogP contribution in [0.2, 0.25) is 0 Å². The quantitative estimate of drug-likeness (QED) is 0.880. The summed E-state index contributed by atoms with van der Waals surface area (Å²) in [7, 11) is 0. The fourth-order valence-corrected chi connectivity index (χ4v) is 2.73. The molecule has 1 fully saturated rings. The summed E-state index contributed by atoms with van der Waals surface area (Å²) in [6, 6.07) is 7.88. The molecule has 5 heteroatoms. The number of aliphatic hydroxyl groups is 1. The van der Waals surface area contributed by atoms with E-state index in [1.807, 2.05) is 24.4 Å². The summed E-state index contributed by atoms with van der Waals surface area (Å²) in [6.45, 7) is 3.06. The molecule has 0 aliphatic carbocycles.